The molecule has 0 aliphatic carbocycles. The van der Waals surface area contributed by atoms with Crippen molar-refractivity contribution in [1.82, 2.24) is 13.8 Å². The molecule has 2 aliphatic heterocycles. The number of benzene rings is 4. The van der Waals surface area contributed by atoms with Gasteiger partial charge in [0.2, 0.25) is 0 Å². The molecule has 0 amide bonds. The summed E-state index contributed by atoms with van der Waals surface area (Å²) in [6.45, 7) is 0. The molecule has 0 saturated heterocycles. The van der Waals surface area contributed by atoms with Crippen molar-refractivity contribution in [1.29, 1.82) is 0 Å². The van der Waals surface area contributed by atoms with Gasteiger partial charge >= 0.3 is 0 Å². The van der Waals surface area contributed by atoms with Crippen LogP contribution < -0.4 is 5.35 Å². The summed E-state index contributed by atoms with van der Waals surface area (Å²) >= 11 is 0. The van der Waals surface area contributed by atoms with Gasteiger partial charge in [-0.3, -0.25) is 4.98 Å². The fourth-order valence-corrected chi connectivity index (χ4v) is 8.22. The highest BCUT2D eigenvalue weighted by molar-refractivity contribution is 6.31. The maximum Gasteiger partial charge on any atom is 0.0830 e. The average Bonchev–Trinajstić information content (AvgIpc) is 3.98. The number of nitrogens with zero attached hydrogens (tertiary/aromatic N) is 4. The first-order valence-electron chi connectivity index (χ1n) is 17.0. The van der Waals surface area contributed by atoms with E-state index >= 15 is 0 Å². The minimum atomic E-state index is 0.946. The smallest absolute Gasteiger partial charge is 0.0830 e. The molecule has 0 N–H and O–H groups in total. The zero-order chi connectivity index (χ0) is 32.8. The third-order valence-electron chi connectivity index (χ3n) is 10.3. The molecule has 7 heterocycles. The van der Waals surface area contributed by atoms with Crippen LogP contribution in [0.5, 0.6) is 0 Å². The van der Waals surface area contributed by atoms with E-state index in [1.807, 2.05) is 0 Å². The van der Waals surface area contributed by atoms with Crippen LogP contribution in [0, 0.1) is 0 Å². The number of allylic oxidation sites excluding steroid dienone is 2. The number of aromatic nitrogens is 3. The van der Waals surface area contributed by atoms with Crippen molar-refractivity contribution in [3.8, 4) is 22.3 Å². The largest absolute Gasteiger partial charge is 0.314 e. The van der Waals surface area contributed by atoms with E-state index in [4.69, 9.17) is 9.98 Å². The average molecular weight is 637 g/mol. The van der Waals surface area contributed by atoms with Gasteiger partial charge in [-0.05, 0) is 58.7 Å². The van der Waals surface area contributed by atoms with E-state index < -0.39 is 0 Å². The molecule has 50 heavy (non-hydrogen) atoms. The van der Waals surface area contributed by atoms with Gasteiger partial charge in [-0.1, -0.05) is 121 Å². The van der Waals surface area contributed by atoms with Gasteiger partial charge in [0.1, 0.15) is 0 Å². The second kappa shape index (κ2) is 10.4. The van der Waals surface area contributed by atoms with E-state index in [1.54, 1.807) is 0 Å². The quantitative estimate of drug-likeness (QED) is 0.189. The number of pyridine rings is 1. The molecule has 232 valence electrons. The summed E-state index contributed by atoms with van der Waals surface area (Å²) in [6, 6.07) is 51.9. The van der Waals surface area contributed by atoms with Gasteiger partial charge in [0, 0.05) is 45.4 Å². The maximum atomic E-state index is 5.47. The summed E-state index contributed by atoms with van der Waals surface area (Å²) in [5.74, 6) is 0. The first kappa shape index (κ1) is 27.2. The Morgan fingerprint density at radius 2 is 1.08 bits per heavy atom. The second-order valence-electron chi connectivity index (χ2n) is 13.0. The second-order valence-corrected chi connectivity index (χ2v) is 13.0. The summed E-state index contributed by atoms with van der Waals surface area (Å²) in [6.07, 6.45) is 8.81. The van der Waals surface area contributed by atoms with Gasteiger partial charge in [-0.2, -0.15) is 0 Å². The molecule has 9 aromatic rings. The van der Waals surface area contributed by atoms with Crippen LogP contribution in [0.25, 0.3) is 66.2 Å². The van der Waals surface area contributed by atoms with E-state index in [0.717, 1.165) is 99.8 Å². The van der Waals surface area contributed by atoms with Crippen LogP contribution in [0.1, 0.15) is 16.8 Å². The van der Waals surface area contributed by atoms with Gasteiger partial charge in [0.25, 0.3) is 0 Å². The zero-order valence-corrected chi connectivity index (χ0v) is 27.0. The van der Waals surface area contributed by atoms with Crippen molar-refractivity contribution in [3.63, 3.8) is 0 Å². The number of fused-ring (bicyclic) bond motifs is 1. The van der Waals surface area contributed by atoms with Gasteiger partial charge in [0.15, 0.2) is 0 Å². The Hall–Kier alpha value is -6.78. The minimum Gasteiger partial charge on any atom is -0.314 e. The summed E-state index contributed by atoms with van der Waals surface area (Å²) in [7, 11) is 0. The van der Waals surface area contributed by atoms with Crippen LogP contribution in [-0.4, -0.2) is 19.5 Å². The molecule has 4 nitrogen and oxygen atoms in total. The Bertz CT molecular complexity index is 2980. The number of rotatable bonds is 4. The molecule has 0 unspecified atom stereocenters. The molecule has 4 bridgehead atoms. The van der Waals surface area contributed by atoms with Crippen LogP contribution in [0.4, 0.5) is 0 Å². The zero-order valence-electron chi connectivity index (χ0n) is 27.0. The van der Waals surface area contributed by atoms with Crippen molar-refractivity contribution >= 4 is 49.7 Å². The van der Waals surface area contributed by atoms with Gasteiger partial charge in [-0.25, -0.2) is 4.99 Å². The first-order valence-corrected chi connectivity index (χ1v) is 17.0. The summed E-state index contributed by atoms with van der Waals surface area (Å²) < 4.78 is 4.86. The van der Waals surface area contributed by atoms with E-state index in [9.17, 15) is 0 Å². The highest BCUT2D eigenvalue weighted by Crippen LogP contribution is 2.44. The Balaban J connectivity index is 1.46. The Kier molecular flexibility index (Phi) is 5.63. The fourth-order valence-electron chi connectivity index (χ4n) is 8.22. The molecule has 0 saturated carbocycles. The van der Waals surface area contributed by atoms with Crippen LogP contribution in [0.2, 0.25) is 0 Å². The lowest BCUT2D eigenvalue weighted by molar-refractivity contribution is 1.14. The molecule has 5 aromatic heterocycles. The van der Waals surface area contributed by atoms with E-state index in [2.05, 4.69) is 179 Å². The molecule has 2 aliphatic rings. The first-order chi connectivity index (χ1) is 24.8. The van der Waals surface area contributed by atoms with Crippen molar-refractivity contribution in [2.45, 2.75) is 0 Å². The van der Waals surface area contributed by atoms with Crippen molar-refractivity contribution < 1.29 is 0 Å². The molecular weight excluding hydrogens is 609 g/mol. The normalized spacial score (nSPS) is 13.9. The number of aliphatic imine (C=N–C) groups is 1. The molecule has 0 atom stereocenters. The lowest BCUT2D eigenvalue weighted by atomic mass is 9.98. The Morgan fingerprint density at radius 3 is 1.76 bits per heavy atom. The lowest BCUT2D eigenvalue weighted by Gasteiger charge is -2.15. The molecular formula is C46H28N4. The summed E-state index contributed by atoms with van der Waals surface area (Å²) in [5.41, 5.74) is 16.3. The topological polar surface area (TPSA) is 34.1 Å². The van der Waals surface area contributed by atoms with E-state index in [-0.39, 0.29) is 0 Å². The highest BCUT2D eigenvalue weighted by Gasteiger charge is 2.27. The molecule has 0 radical (unpaired) electrons. The minimum absolute atomic E-state index is 0.946. The third kappa shape index (κ3) is 3.76. The van der Waals surface area contributed by atoms with Crippen LogP contribution in [0.15, 0.2) is 181 Å². The van der Waals surface area contributed by atoms with Crippen LogP contribution in [-0.2, 0) is 0 Å². The summed E-state index contributed by atoms with van der Waals surface area (Å²) in [5, 5.41) is 3.36. The molecule has 11 rings (SSSR count). The van der Waals surface area contributed by atoms with E-state index in [0.29, 0.717) is 0 Å². The molecule has 4 aromatic carbocycles. The van der Waals surface area contributed by atoms with Crippen molar-refractivity contribution in [3.05, 3.63) is 198 Å². The molecule has 0 spiro atoms. The molecule has 4 heteroatoms. The van der Waals surface area contributed by atoms with Crippen LogP contribution >= 0.6 is 0 Å². The van der Waals surface area contributed by atoms with Crippen molar-refractivity contribution in [2.24, 2.45) is 4.99 Å². The third-order valence-corrected chi connectivity index (χ3v) is 10.3. The summed E-state index contributed by atoms with van der Waals surface area (Å²) in [4.78, 5) is 10.7. The number of hydrogen-bond acceptors (Lipinski definition) is 2. The predicted octanol–water partition coefficient (Wildman–Crippen LogP) is 9.93. The lowest BCUT2D eigenvalue weighted by Crippen LogP contribution is -2.17. The number of hydrogen-bond donors (Lipinski definition) is 0. The van der Waals surface area contributed by atoms with E-state index in [1.165, 1.54) is 0 Å². The Morgan fingerprint density at radius 1 is 0.480 bits per heavy atom. The molecule has 0 fully saturated rings. The standard InChI is InChI=1S/C46H28N4/c1-5-13-29(14-6-1)41-33-27-47-46-44(32-19-11-4-12-20-32)39-26-25-38-43(31-17-9-3-10-18-31)35-22-21-34(48-35)42(30-15-7-2-8-16-30)37-24-23-36(41)49(37)28-40(45(33)46)50(38)39/h1-28H. The maximum absolute atomic E-state index is 5.47. The SMILES string of the molecule is C1=CC2=C(c3ccccc3)c3ccc4c(-c5ccccc5)c5ncc6c(-c7ccccc7)c7ccc(n7cc(c65)n34)=C(c3ccccc3)C1=N2. The fraction of sp³-hybridized carbons (Fsp3) is 0. The van der Waals surface area contributed by atoms with Crippen molar-refractivity contribution in [2.75, 3.05) is 0 Å². The van der Waals surface area contributed by atoms with Gasteiger partial charge < -0.3 is 8.80 Å². The van der Waals surface area contributed by atoms with Crippen LogP contribution in [0.3, 0.4) is 0 Å². The monoisotopic (exact) mass is 636 g/mol. The Labute approximate surface area is 287 Å². The van der Waals surface area contributed by atoms with Gasteiger partial charge in [0.05, 0.1) is 44.5 Å². The van der Waals surface area contributed by atoms with Gasteiger partial charge in [-0.15, -0.1) is 0 Å². The highest BCUT2D eigenvalue weighted by atomic mass is 15.0. The predicted molar refractivity (Wildman–Crippen MR) is 205 cm³/mol.